The van der Waals surface area contributed by atoms with Crippen LogP contribution in [-0.2, 0) is 13.0 Å². The molecule has 0 bridgehead atoms. The molecule has 0 aliphatic carbocycles. The first-order valence-electron chi connectivity index (χ1n) is 5.94. The number of hydrogen-bond donors (Lipinski definition) is 1. The first kappa shape index (κ1) is 15.4. The van der Waals surface area contributed by atoms with Crippen LogP contribution in [0.1, 0.15) is 10.4 Å². The average Bonchev–Trinajstić information content (AvgIpc) is 2.81. The average molecular weight is 376 g/mol. The molecule has 2 aromatic rings. The fourth-order valence-corrected chi connectivity index (χ4v) is 3.43. The number of rotatable bonds is 6. The van der Waals surface area contributed by atoms with Crippen LogP contribution < -0.4 is 5.32 Å². The van der Waals surface area contributed by atoms with Crippen molar-refractivity contribution in [1.82, 2.24) is 5.32 Å². The van der Waals surface area contributed by atoms with Crippen LogP contribution in [0, 0.1) is 10.1 Å². The van der Waals surface area contributed by atoms with E-state index in [0.29, 0.717) is 17.1 Å². The lowest BCUT2D eigenvalue weighted by Gasteiger charge is -2.05. The zero-order chi connectivity index (χ0) is 14.5. The van der Waals surface area contributed by atoms with Gasteiger partial charge in [0.15, 0.2) is 0 Å². The van der Waals surface area contributed by atoms with Crippen molar-refractivity contribution in [3.63, 3.8) is 0 Å². The molecule has 0 saturated carbocycles. The largest absolute Gasteiger partial charge is 0.312 e. The number of hydrogen-bond acceptors (Lipinski definition) is 4. The molecule has 0 aliphatic rings. The maximum atomic E-state index is 10.9. The highest BCUT2D eigenvalue weighted by molar-refractivity contribution is 9.11. The summed E-state index contributed by atoms with van der Waals surface area (Å²) in [4.78, 5) is 11.8. The summed E-state index contributed by atoms with van der Waals surface area (Å²) in [7, 11) is 0. The quantitative estimate of drug-likeness (QED) is 0.462. The number of thiophene rings is 1. The minimum absolute atomic E-state index is 0.0591. The van der Waals surface area contributed by atoms with Gasteiger partial charge < -0.3 is 5.32 Å². The predicted octanol–water partition coefficient (Wildman–Crippen LogP) is 4.40. The van der Waals surface area contributed by atoms with Gasteiger partial charge in [-0.25, -0.2) is 0 Å². The molecule has 20 heavy (non-hydrogen) atoms. The first-order chi connectivity index (χ1) is 9.56. The Morgan fingerprint density at radius 2 is 2.15 bits per heavy atom. The Kier molecular flexibility index (Phi) is 5.54. The predicted molar refractivity (Wildman–Crippen MR) is 85.5 cm³/mol. The lowest BCUT2D eigenvalue weighted by atomic mass is 10.2. The van der Waals surface area contributed by atoms with Crippen molar-refractivity contribution in [2.24, 2.45) is 0 Å². The molecule has 106 valence electrons. The van der Waals surface area contributed by atoms with E-state index in [-0.39, 0.29) is 5.69 Å². The van der Waals surface area contributed by atoms with E-state index in [0.717, 1.165) is 16.8 Å². The summed E-state index contributed by atoms with van der Waals surface area (Å²) < 4.78 is 1.11. The van der Waals surface area contributed by atoms with Gasteiger partial charge in [0.2, 0.25) is 0 Å². The maximum Gasteiger partial charge on any atom is 0.275 e. The molecule has 4 nitrogen and oxygen atoms in total. The molecule has 0 unspecified atom stereocenters. The fourth-order valence-electron chi connectivity index (χ4n) is 1.78. The standard InChI is InChI=1S/C13H12BrClN2O2S/c14-13-4-3-11(20-13)5-6-16-8-9-1-2-10(15)7-12(9)17(18)19/h1-4,7,16H,5-6,8H2. The summed E-state index contributed by atoms with van der Waals surface area (Å²) in [6, 6.07) is 8.83. The van der Waals surface area contributed by atoms with E-state index < -0.39 is 4.92 Å². The third-order valence-corrected chi connectivity index (χ3v) is 4.66. The number of nitro benzene ring substituents is 1. The Morgan fingerprint density at radius 1 is 1.35 bits per heavy atom. The molecule has 7 heteroatoms. The van der Waals surface area contributed by atoms with E-state index in [2.05, 4.69) is 27.3 Å². The number of halogens is 2. The molecule has 1 heterocycles. The number of nitrogens with zero attached hydrogens (tertiary/aromatic N) is 1. The highest BCUT2D eigenvalue weighted by Gasteiger charge is 2.13. The number of nitrogens with one attached hydrogen (secondary N) is 1. The molecule has 1 N–H and O–H groups in total. The lowest BCUT2D eigenvalue weighted by molar-refractivity contribution is -0.385. The molecule has 0 radical (unpaired) electrons. The van der Waals surface area contributed by atoms with E-state index >= 15 is 0 Å². The summed E-state index contributed by atoms with van der Waals surface area (Å²) in [5, 5.41) is 14.5. The second-order valence-corrected chi connectivity index (χ2v) is 7.15. The van der Waals surface area contributed by atoms with Gasteiger partial charge in [-0.3, -0.25) is 10.1 Å². The van der Waals surface area contributed by atoms with Crippen LogP contribution in [0.2, 0.25) is 5.02 Å². The van der Waals surface area contributed by atoms with Gasteiger partial charge in [0, 0.05) is 34.6 Å². The highest BCUT2D eigenvalue weighted by atomic mass is 79.9. The second kappa shape index (κ2) is 7.17. The van der Waals surface area contributed by atoms with Crippen molar-refractivity contribution in [3.8, 4) is 0 Å². The van der Waals surface area contributed by atoms with E-state index in [1.165, 1.54) is 10.9 Å². The van der Waals surface area contributed by atoms with Crippen LogP contribution in [0.4, 0.5) is 5.69 Å². The van der Waals surface area contributed by atoms with Crippen LogP contribution in [0.3, 0.4) is 0 Å². The molecule has 0 atom stereocenters. The SMILES string of the molecule is O=[N+]([O-])c1cc(Cl)ccc1CNCCc1ccc(Br)s1. The van der Waals surface area contributed by atoms with E-state index in [1.807, 2.05) is 6.07 Å². The summed E-state index contributed by atoms with van der Waals surface area (Å²) in [6.07, 6.45) is 0.900. The third-order valence-electron chi connectivity index (χ3n) is 2.74. The zero-order valence-corrected chi connectivity index (χ0v) is 13.6. The molecule has 0 saturated heterocycles. The monoisotopic (exact) mass is 374 g/mol. The van der Waals surface area contributed by atoms with Crippen LogP contribution in [0.15, 0.2) is 34.1 Å². The summed E-state index contributed by atoms with van der Waals surface area (Å²) in [5.41, 5.74) is 0.704. The van der Waals surface area contributed by atoms with Crippen LogP contribution in [0.5, 0.6) is 0 Å². The Hall–Kier alpha value is -0.950. The van der Waals surface area contributed by atoms with Gasteiger partial charge in [-0.15, -0.1) is 11.3 Å². The smallest absolute Gasteiger partial charge is 0.275 e. The molecular weight excluding hydrogens is 364 g/mol. The molecule has 1 aromatic carbocycles. The Balaban J connectivity index is 1.89. The molecular formula is C13H12BrClN2O2S. The van der Waals surface area contributed by atoms with Gasteiger partial charge in [-0.1, -0.05) is 11.6 Å². The molecule has 0 aliphatic heterocycles. The van der Waals surface area contributed by atoms with Gasteiger partial charge in [-0.2, -0.15) is 0 Å². The fraction of sp³-hybridized carbons (Fsp3) is 0.231. The van der Waals surface area contributed by atoms with Crippen LogP contribution in [-0.4, -0.2) is 11.5 Å². The van der Waals surface area contributed by atoms with Crippen molar-refractivity contribution < 1.29 is 4.92 Å². The molecule has 2 rings (SSSR count). The zero-order valence-electron chi connectivity index (χ0n) is 10.4. The second-order valence-electron chi connectivity index (χ2n) is 4.16. The Bertz CT molecular complexity index is 618. The van der Waals surface area contributed by atoms with Gasteiger partial charge in [-0.05, 0) is 46.6 Å². The molecule has 0 amide bonds. The third kappa shape index (κ3) is 4.28. The normalized spacial score (nSPS) is 10.7. The van der Waals surface area contributed by atoms with Crippen molar-refractivity contribution >= 4 is 44.6 Å². The highest BCUT2D eigenvalue weighted by Crippen LogP contribution is 2.24. The van der Waals surface area contributed by atoms with E-state index in [4.69, 9.17) is 11.6 Å². The minimum Gasteiger partial charge on any atom is -0.312 e. The van der Waals surface area contributed by atoms with Gasteiger partial charge in [0.1, 0.15) is 0 Å². The van der Waals surface area contributed by atoms with Crippen molar-refractivity contribution in [2.75, 3.05) is 6.54 Å². The first-order valence-corrected chi connectivity index (χ1v) is 7.93. The minimum atomic E-state index is -0.403. The van der Waals surface area contributed by atoms with Crippen molar-refractivity contribution in [3.05, 3.63) is 59.7 Å². The van der Waals surface area contributed by atoms with E-state index in [1.54, 1.807) is 23.5 Å². The van der Waals surface area contributed by atoms with Crippen LogP contribution >= 0.6 is 38.9 Å². The summed E-state index contributed by atoms with van der Waals surface area (Å²) >= 11 is 10.9. The van der Waals surface area contributed by atoms with Crippen molar-refractivity contribution in [2.45, 2.75) is 13.0 Å². The topological polar surface area (TPSA) is 55.2 Å². The van der Waals surface area contributed by atoms with Gasteiger partial charge >= 0.3 is 0 Å². The molecule has 0 fully saturated rings. The molecule has 1 aromatic heterocycles. The van der Waals surface area contributed by atoms with Gasteiger partial charge in [0.25, 0.3) is 5.69 Å². The van der Waals surface area contributed by atoms with Gasteiger partial charge in [0.05, 0.1) is 8.71 Å². The maximum absolute atomic E-state index is 10.9. The number of benzene rings is 1. The van der Waals surface area contributed by atoms with Crippen LogP contribution in [0.25, 0.3) is 0 Å². The van der Waals surface area contributed by atoms with Crippen molar-refractivity contribution in [1.29, 1.82) is 0 Å². The summed E-state index contributed by atoms with van der Waals surface area (Å²) in [5.74, 6) is 0. The number of nitro groups is 1. The molecule has 0 spiro atoms. The summed E-state index contributed by atoms with van der Waals surface area (Å²) in [6.45, 7) is 1.23. The Labute approximate surface area is 134 Å². The lowest BCUT2D eigenvalue weighted by Crippen LogP contribution is -2.17. The Morgan fingerprint density at radius 3 is 2.80 bits per heavy atom. The van der Waals surface area contributed by atoms with E-state index in [9.17, 15) is 10.1 Å².